The third-order valence-corrected chi connectivity index (χ3v) is 6.07. The summed E-state index contributed by atoms with van der Waals surface area (Å²) in [6.07, 6.45) is 4.86. The van der Waals surface area contributed by atoms with Gasteiger partial charge < -0.3 is 5.73 Å². The van der Waals surface area contributed by atoms with E-state index in [0.29, 0.717) is 24.0 Å². The van der Waals surface area contributed by atoms with Gasteiger partial charge >= 0.3 is 0 Å². The van der Waals surface area contributed by atoms with Gasteiger partial charge in [0.05, 0.1) is 10.6 Å². The molecule has 1 aromatic carbocycles. The molecule has 0 saturated carbocycles. The first-order valence-corrected chi connectivity index (χ1v) is 9.44. The van der Waals surface area contributed by atoms with Crippen LogP contribution in [-0.2, 0) is 16.4 Å². The van der Waals surface area contributed by atoms with Crippen LogP contribution in [0.1, 0.15) is 38.2 Å². The fraction of sp³-hybridized carbons (Fsp3) is 0.625. The van der Waals surface area contributed by atoms with Crippen LogP contribution < -0.4 is 5.73 Å². The highest BCUT2D eigenvalue weighted by atomic mass is 32.2. The van der Waals surface area contributed by atoms with Gasteiger partial charge in [-0.15, -0.1) is 0 Å². The molecule has 1 unspecified atom stereocenters. The zero-order valence-electron chi connectivity index (χ0n) is 12.8. The molecular weight excluding hydrogens is 284 g/mol. The summed E-state index contributed by atoms with van der Waals surface area (Å²) in [5.74, 6) is 0.194. The quantitative estimate of drug-likeness (QED) is 0.905. The Morgan fingerprint density at radius 3 is 2.57 bits per heavy atom. The molecule has 1 heterocycles. The minimum absolute atomic E-state index is 0.194. The van der Waals surface area contributed by atoms with Crippen LogP contribution in [0.5, 0.6) is 0 Å². The number of hydrogen-bond donors (Lipinski definition) is 1. The van der Waals surface area contributed by atoms with Crippen molar-refractivity contribution in [2.24, 2.45) is 5.73 Å². The molecule has 2 N–H and O–H groups in total. The minimum atomic E-state index is -3.20. The smallest absolute Gasteiger partial charge is 0.179 e. The SMILES string of the molecule is CC1CCCCCN1CCS(=O)(=O)c1ccc(CN)cc1. The molecule has 0 radical (unpaired) electrons. The lowest BCUT2D eigenvalue weighted by atomic mass is 10.1. The number of benzene rings is 1. The van der Waals surface area contributed by atoms with Crippen LogP contribution in [0.15, 0.2) is 29.2 Å². The Balaban J connectivity index is 1.99. The normalized spacial score (nSPS) is 21.1. The molecule has 1 fully saturated rings. The van der Waals surface area contributed by atoms with Crippen molar-refractivity contribution in [2.45, 2.75) is 50.1 Å². The van der Waals surface area contributed by atoms with Gasteiger partial charge in [0.15, 0.2) is 9.84 Å². The molecule has 0 bridgehead atoms. The highest BCUT2D eigenvalue weighted by molar-refractivity contribution is 7.91. The molecule has 5 heteroatoms. The third-order valence-electron chi connectivity index (χ3n) is 4.36. The molecule has 2 rings (SSSR count). The maximum atomic E-state index is 12.4. The first kappa shape index (κ1) is 16.5. The number of hydrogen-bond acceptors (Lipinski definition) is 4. The Morgan fingerprint density at radius 2 is 1.90 bits per heavy atom. The van der Waals surface area contributed by atoms with Crippen molar-refractivity contribution in [3.8, 4) is 0 Å². The zero-order chi connectivity index (χ0) is 15.3. The monoisotopic (exact) mass is 310 g/mol. The van der Waals surface area contributed by atoms with Crippen LogP contribution in [0.25, 0.3) is 0 Å². The van der Waals surface area contributed by atoms with Crippen molar-refractivity contribution in [2.75, 3.05) is 18.8 Å². The van der Waals surface area contributed by atoms with E-state index in [1.165, 1.54) is 25.7 Å². The van der Waals surface area contributed by atoms with Gasteiger partial charge in [-0.05, 0) is 44.0 Å². The predicted molar refractivity (Wildman–Crippen MR) is 85.9 cm³/mol. The summed E-state index contributed by atoms with van der Waals surface area (Å²) < 4.78 is 24.8. The highest BCUT2D eigenvalue weighted by Gasteiger charge is 2.20. The van der Waals surface area contributed by atoms with Crippen LogP contribution in [0.4, 0.5) is 0 Å². The Hall–Kier alpha value is -0.910. The third kappa shape index (κ3) is 4.53. The Bertz CT molecular complexity index is 540. The molecule has 118 valence electrons. The largest absolute Gasteiger partial charge is 0.326 e. The molecule has 1 saturated heterocycles. The molecule has 0 spiro atoms. The number of sulfone groups is 1. The van der Waals surface area contributed by atoms with Gasteiger partial charge in [-0.25, -0.2) is 8.42 Å². The predicted octanol–water partition coefficient (Wildman–Crippen LogP) is 2.18. The summed E-state index contributed by atoms with van der Waals surface area (Å²) in [5.41, 5.74) is 6.49. The van der Waals surface area contributed by atoms with Crippen molar-refractivity contribution >= 4 is 9.84 Å². The van der Waals surface area contributed by atoms with E-state index in [-0.39, 0.29) is 5.75 Å². The summed E-state index contributed by atoms with van der Waals surface area (Å²) in [7, 11) is -3.20. The second-order valence-electron chi connectivity index (χ2n) is 5.90. The first-order valence-electron chi connectivity index (χ1n) is 7.79. The maximum absolute atomic E-state index is 12.4. The van der Waals surface area contributed by atoms with E-state index in [1.807, 2.05) is 0 Å². The summed E-state index contributed by atoms with van der Waals surface area (Å²) in [4.78, 5) is 2.72. The van der Waals surface area contributed by atoms with Crippen LogP contribution in [0.2, 0.25) is 0 Å². The van der Waals surface area contributed by atoms with Gasteiger partial charge in [0.1, 0.15) is 0 Å². The summed E-state index contributed by atoms with van der Waals surface area (Å²) >= 11 is 0. The topological polar surface area (TPSA) is 63.4 Å². The zero-order valence-corrected chi connectivity index (χ0v) is 13.6. The molecule has 1 atom stereocenters. The van der Waals surface area contributed by atoms with E-state index in [0.717, 1.165) is 12.1 Å². The fourth-order valence-corrected chi connectivity index (χ4v) is 4.12. The Labute approximate surface area is 128 Å². The van der Waals surface area contributed by atoms with Gasteiger partial charge in [0.2, 0.25) is 0 Å². The summed E-state index contributed by atoms with van der Waals surface area (Å²) in [5, 5.41) is 0. The summed E-state index contributed by atoms with van der Waals surface area (Å²) in [6.45, 7) is 4.28. The Morgan fingerprint density at radius 1 is 1.19 bits per heavy atom. The van der Waals surface area contributed by atoms with Crippen LogP contribution in [0.3, 0.4) is 0 Å². The van der Waals surface area contributed by atoms with Crippen LogP contribution >= 0.6 is 0 Å². The standard InChI is InChI=1S/C16H26N2O2S/c1-14-5-3-2-4-10-18(14)11-12-21(19,20)16-8-6-15(13-17)7-9-16/h6-9,14H,2-5,10-13,17H2,1H3. The number of nitrogens with zero attached hydrogens (tertiary/aromatic N) is 1. The average Bonchev–Trinajstić information content (AvgIpc) is 2.70. The van der Waals surface area contributed by atoms with E-state index in [2.05, 4.69) is 11.8 Å². The van der Waals surface area contributed by atoms with Crippen molar-refractivity contribution in [1.29, 1.82) is 0 Å². The highest BCUT2D eigenvalue weighted by Crippen LogP contribution is 2.18. The minimum Gasteiger partial charge on any atom is -0.326 e. The van der Waals surface area contributed by atoms with E-state index >= 15 is 0 Å². The summed E-state index contributed by atoms with van der Waals surface area (Å²) in [6, 6.07) is 7.41. The number of likely N-dealkylation sites (tertiary alicyclic amines) is 1. The fourth-order valence-electron chi connectivity index (χ4n) is 2.85. The van der Waals surface area contributed by atoms with Crippen LogP contribution in [-0.4, -0.2) is 38.2 Å². The lowest BCUT2D eigenvalue weighted by Gasteiger charge is -2.26. The number of nitrogens with two attached hydrogens (primary N) is 1. The number of rotatable bonds is 5. The second kappa shape index (κ2) is 7.38. The van der Waals surface area contributed by atoms with Gasteiger partial charge in [-0.3, -0.25) is 4.90 Å². The lowest BCUT2D eigenvalue weighted by Crippen LogP contribution is -2.36. The second-order valence-corrected chi connectivity index (χ2v) is 8.01. The first-order chi connectivity index (χ1) is 10.0. The molecular formula is C16H26N2O2S. The molecule has 1 aromatic rings. The Kier molecular flexibility index (Phi) is 5.79. The van der Waals surface area contributed by atoms with Crippen molar-refractivity contribution in [3.05, 3.63) is 29.8 Å². The molecule has 0 aliphatic carbocycles. The van der Waals surface area contributed by atoms with Gasteiger partial charge in [-0.1, -0.05) is 25.0 Å². The molecule has 4 nitrogen and oxygen atoms in total. The van der Waals surface area contributed by atoms with Crippen LogP contribution in [0, 0.1) is 0 Å². The van der Waals surface area contributed by atoms with E-state index in [9.17, 15) is 8.42 Å². The van der Waals surface area contributed by atoms with Gasteiger partial charge in [0.25, 0.3) is 0 Å². The lowest BCUT2D eigenvalue weighted by molar-refractivity contribution is 0.226. The van der Waals surface area contributed by atoms with Crippen molar-refractivity contribution in [3.63, 3.8) is 0 Å². The molecule has 21 heavy (non-hydrogen) atoms. The van der Waals surface area contributed by atoms with E-state index in [4.69, 9.17) is 5.73 Å². The average molecular weight is 310 g/mol. The van der Waals surface area contributed by atoms with E-state index in [1.54, 1.807) is 24.3 Å². The molecule has 1 aliphatic rings. The van der Waals surface area contributed by atoms with Gasteiger partial charge in [0, 0.05) is 19.1 Å². The maximum Gasteiger partial charge on any atom is 0.179 e. The molecule has 1 aliphatic heterocycles. The molecule has 0 aromatic heterocycles. The van der Waals surface area contributed by atoms with E-state index < -0.39 is 9.84 Å². The van der Waals surface area contributed by atoms with Gasteiger partial charge in [-0.2, -0.15) is 0 Å². The van der Waals surface area contributed by atoms with Crippen molar-refractivity contribution in [1.82, 2.24) is 4.90 Å². The molecule has 0 amide bonds. The van der Waals surface area contributed by atoms with Crippen molar-refractivity contribution < 1.29 is 8.42 Å².